The number of hydrogen-bond acceptors (Lipinski definition) is 3. The summed E-state index contributed by atoms with van der Waals surface area (Å²) in [5.41, 5.74) is 1.24. The lowest BCUT2D eigenvalue weighted by Crippen LogP contribution is -2.50. The van der Waals surface area contributed by atoms with Gasteiger partial charge in [0, 0.05) is 39.7 Å². The maximum Gasteiger partial charge on any atom is 0.281 e. The molecule has 1 aromatic rings. The van der Waals surface area contributed by atoms with Crippen LogP contribution in [0.5, 0.6) is 0 Å². The first-order valence-electron chi connectivity index (χ1n) is 8.80. The van der Waals surface area contributed by atoms with Crippen LogP contribution < -0.4 is 0 Å². The summed E-state index contributed by atoms with van der Waals surface area (Å²) in [4.78, 5) is 0. The SMILES string of the molecule is CN(C)S(=O)(=O)N1CC[C@@H](OCC2CC2)[C@H](Cc2ccccc2)C1. The van der Waals surface area contributed by atoms with Gasteiger partial charge in [-0.2, -0.15) is 17.0 Å². The highest BCUT2D eigenvalue weighted by atomic mass is 32.2. The maximum atomic E-state index is 12.5. The molecule has 24 heavy (non-hydrogen) atoms. The van der Waals surface area contributed by atoms with Gasteiger partial charge >= 0.3 is 0 Å². The fraction of sp³-hybridized carbons (Fsp3) is 0.667. The van der Waals surface area contributed by atoms with Crippen molar-refractivity contribution in [2.24, 2.45) is 11.8 Å². The number of piperidine rings is 1. The zero-order chi connectivity index (χ0) is 17.2. The maximum absolute atomic E-state index is 12.5. The topological polar surface area (TPSA) is 49.9 Å². The van der Waals surface area contributed by atoms with E-state index in [0.29, 0.717) is 13.1 Å². The van der Waals surface area contributed by atoms with Crippen molar-refractivity contribution in [3.63, 3.8) is 0 Å². The Labute approximate surface area is 145 Å². The lowest BCUT2D eigenvalue weighted by atomic mass is 9.89. The first-order chi connectivity index (χ1) is 11.5. The van der Waals surface area contributed by atoms with Crippen LogP contribution in [0.15, 0.2) is 30.3 Å². The second kappa shape index (κ2) is 7.52. The zero-order valence-corrected chi connectivity index (χ0v) is 15.4. The molecule has 1 heterocycles. The second-order valence-electron chi connectivity index (χ2n) is 7.20. The first-order valence-corrected chi connectivity index (χ1v) is 10.2. The van der Waals surface area contributed by atoms with Gasteiger partial charge in [0.25, 0.3) is 10.2 Å². The normalized spacial score (nSPS) is 26.0. The highest BCUT2D eigenvalue weighted by Crippen LogP contribution is 2.32. The highest BCUT2D eigenvalue weighted by Gasteiger charge is 2.37. The Morgan fingerprint density at radius 1 is 1.17 bits per heavy atom. The lowest BCUT2D eigenvalue weighted by molar-refractivity contribution is -0.0238. The summed E-state index contributed by atoms with van der Waals surface area (Å²) in [6.07, 6.45) is 4.33. The summed E-state index contributed by atoms with van der Waals surface area (Å²) in [7, 11) is -0.167. The van der Waals surface area contributed by atoms with E-state index in [1.54, 1.807) is 18.4 Å². The molecule has 0 bridgehead atoms. The second-order valence-corrected chi connectivity index (χ2v) is 9.34. The third kappa shape index (κ3) is 4.36. The quantitative estimate of drug-likeness (QED) is 0.755. The Bertz CT molecular complexity index is 629. The van der Waals surface area contributed by atoms with Crippen molar-refractivity contribution in [3.05, 3.63) is 35.9 Å². The summed E-state index contributed by atoms with van der Waals surface area (Å²) >= 11 is 0. The molecule has 1 aliphatic carbocycles. The van der Waals surface area contributed by atoms with Gasteiger partial charge < -0.3 is 4.74 Å². The lowest BCUT2D eigenvalue weighted by Gasteiger charge is -2.38. The molecule has 2 atom stereocenters. The van der Waals surface area contributed by atoms with Gasteiger partial charge in [0.1, 0.15) is 0 Å². The molecule has 0 N–H and O–H groups in total. The molecular weight excluding hydrogens is 324 g/mol. The van der Waals surface area contributed by atoms with E-state index < -0.39 is 10.2 Å². The molecule has 2 aliphatic rings. The van der Waals surface area contributed by atoms with Crippen LogP contribution in [0.4, 0.5) is 0 Å². The van der Waals surface area contributed by atoms with Crippen molar-refractivity contribution in [1.29, 1.82) is 0 Å². The van der Waals surface area contributed by atoms with Crippen molar-refractivity contribution in [1.82, 2.24) is 8.61 Å². The average Bonchev–Trinajstić information content (AvgIpc) is 3.38. The number of nitrogens with zero attached hydrogens (tertiary/aromatic N) is 2. The van der Waals surface area contributed by atoms with Gasteiger partial charge in [-0.1, -0.05) is 30.3 Å². The minimum Gasteiger partial charge on any atom is -0.378 e. The fourth-order valence-corrected chi connectivity index (χ4v) is 4.47. The van der Waals surface area contributed by atoms with Crippen LogP contribution in [0, 0.1) is 11.8 Å². The van der Waals surface area contributed by atoms with E-state index in [2.05, 4.69) is 12.1 Å². The van der Waals surface area contributed by atoms with E-state index in [4.69, 9.17) is 4.74 Å². The van der Waals surface area contributed by atoms with E-state index in [1.807, 2.05) is 18.2 Å². The third-order valence-corrected chi connectivity index (χ3v) is 6.91. The molecule has 0 radical (unpaired) electrons. The van der Waals surface area contributed by atoms with Crippen molar-refractivity contribution in [3.8, 4) is 0 Å². The van der Waals surface area contributed by atoms with Crippen LogP contribution in [-0.4, -0.2) is 56.9 Å². The molecule has 1 aliphatic heterocycles. The summed E-state index contributed by atoms with van der Waals surface area (Å²) in [6.45, 7) is 1.91. The zero-order valence-electron chi connectivity index (χ0n) is 14.6. The number of rotatable bonds is 7. The Morgan fingerprint density at radius 3 is 2.50 bits per heavy atom. The molecule has 3 rings (SSSR count). The smallest absolute Gasteiger partial charge is 0.281 e. The van der Waals surface area contributed by atoms with Crippen LogP contribution in [0.3, 0.4) is 0 Å². The van der Waals surface area contributed by atoms with Crippen molar-refractivity contribution < 1.29 is 13.2 Å². The monoisotopic (exact) mass is 352 g/mol. The Kier molecular flexibility index (Phi) is 5.59. The molecule has 134 valence electrons. The molecule has 0 spiro atoms. The van der Waals surface area contributed by atoms with Gasteiger partial charge in [-0.05, 0) is 37.2 Å². The van der Waals surface area contributed by atoms with E-state index in [0.717, 1.165) is 25.4 Å². The minimum absolute atomic E-state index is 0.152. The summed E-state index contributed by atoms with van der Waals surface area (Å²) in [5, 5.41) is 0. The van der Waals surface area contributed by atoms with E-state index in [-0.39, 0.29) is 12.0 Å². The van der Waals surface area contributed by atoms with Gasteiger partial charge in [-0.25, -0.2) is 0 Å². The van der Waals surface area contributed by atoms with Crippen molar-refractivity contribution >= 4 is 10.2 Å². The molecular formula is C18H28N2O3S. The van der Waals surface area contributed by atoms with E-state index >= 15 is 0 Å². The van der Waals surface area contributed by atoms with E-state index in [9.17, 15) is 8.42 Å². The Balaban J connectivity index is 1.70. The molecule has 6 heteroatoms. The average molecular weight is 353 g/mol. The summed E-state index contributed by atoms with van der Waals surface area (Å²) in [6, 6.07) is 10.3. The van der Waals surface area contributed by atoms with Gasteiger partial charge in [0.2, 0.25) is 0 Å². The summed E-state index contributed by atoms with van der Waals surface area (Å²) < 4.78 is 34.0. The van der Waals surface area contributed by atoms with Gasteiger partial charge in [-0.15, -0.1) is 0 Å². The Hall–Kier alpha value is -0.950. The molecule has 1 saturated heterocycles. The van der Waals surface area contributed by atoms with Crippen LogP contribution in [0.2, 0.25) is 0 Å². The predicted octanol–water partition coefficient (Wildman–Crippen LogP) is 2.15. The van der Waals surface area contributed by atoms with Gasteiger partial charge in [0.15, 0.2) is 0 Å². The molecule has 2 fully saturated rings. The van der Waals surface area contributed by atoms with Gasteiger partial charge in [0.05, 0.1) is 6.10 Å². The van der Waals surface area contributed by atoms with Crippen LogP contribution in [0.25, 0.3) is 0 Å². The van der Waals surface area contributed by atoms with Crippen LogP contribution in [-0.2, 0) is 21.4 Å². The molecule has 0 unspecified atom stereocenters. The molecule has 5 nitrogen and oxygen atoms in total. The molecule has 0 aromatic heterocycles. The first kappa shape index (κ1) is 17.9. The minimum atomic E-state index is -3.36. The fourth-order valence-electron chi connectivity index (χ4n) is 3.29. The predicted molar refractivity (Wildman–Crippen MR) is 94.9 cm³/mol. The van der Waals surface area contributed by atoms with E-state index in [1.165, 1.54) is 22.7 Å². The summed E-state index contributed by atoms with van der Waals surface area (Å²) in [5.74, 6) is 0.931. The van der Waals surface area contributed by atoms with Gasteiger partial charge in [-0.3, -0.25) is 0 Å². The molecule has 0 amide bonds. The number of benzene rings is 1. The molecule has 1 aromatic carbocycles. The molecule has 1 saturated carbocycles. The van der Waals surface area contributed by atoms with Crippen LogP contribution in [0.1, 0.15) is 24.8 Å². The third-order valence-electron chi connectivity index (χ3n) is 5.00. The number of ether oxygens (including phenoxy) is 1. The van der Waals surface area contributed by atoms with Crippen molar-refractivity contribution in [2.45, 2.75) is 31.8 Å². The van der Waals surface area contributed by atoms with Crippen molar-refractivity contribution in [2.75, 3.05) is 33.8 Å². The highest BCUT2D eigenvalue weighted by molar-refractivity contribution is 7.86. The Morgan fingerprint density at radius 2 is 1.88 bits per heavy atom. The standard InChI is InChI=1S/C18H28N2O3S/c1-19(2)24(21,22)20-11-10-18(23-14-16-8-9-16)17(13-20)12-15-6-4-3-5-7-15/h3-7,16-18H,8-14H2,1-2H3/t17-,18-/m1/s1. The van der Waals surface area contributed by atoms with Crippen LogP contribution >= 0.6 is 0 Å². The largest absolute Gasteiger partial charge is 0.378 e. The number of hydrogen-bond donors (Lipinski definition) is 0.